The highest BCUT2D eigenvalue weighted by Crippen LogP contribution is 2.26. The number of carbonyl (C=O) groups is 1. The predicted octanol–water partition coefficient (Wildman–Crippen LogP) is 6.42. The zero-order valence-corrected chi connectivity index (χ0v) is 21.0. The Kier molecular flexibility index (Phi) is 9.75. The highest BCUT2D eigenvalue weighted by molar-refractivity contribution is 5.92. The summed E-state index contributed by atoms with van der Waals surface area (Å²) < 4.78 is 8.48. The van der Waals surface area contributed by atoms with Gasteiger partial charge in [0.05, 0.1) is 17.6 Å². The van der Waals surface area contributed by atoms with Gasteiger partial charge in [0.25, 0.3) is 0 Å². The van der Waals surface area contributed by atoms with Crippen LogP contribution in [0.1, 0.15) is 70.2 Å². The van der Waals surface area contributed by atoms with Crippen LogP contribution in [0.25, 0.3) is 11.0 Å². The van der Waals surface area contributed by atoms with Crippen molar-refractivity contribution in [3.8, 4) is 5.75 Å². The van der Waals surface area contributed by atoms with Crippen molar-refractivity contribution in [3.63, 3.8) is 0 Å². The van der Waals surface area contributed by atoms with Gasteiger partial charge in [0.2, 0.25) is 5.91 Å². The molecule has 3 aromatic rings. The number of fused-ring (bicyclic) bond motifs is 1. The first kappa shape index (κ1) is 25.5. The summed E-state index contributed by atoms with van der Waals surface area (Å²) in [6, 6.07) is 16.7. The Hall–Kier alpha value is -3.08. The summed E-state index contributed by atoms with van der Waals surface area (Å²) in [5, 5.41) is 2.90. The minimum absolute atomic E-state index is 0.0570. The Labute approximate surface area is 204 Å². The zero-order valence-electron chi connectivity index (χ0n) is 21.0. The van der Waals surface area contributed by atoms with E-state index in [0.29, 0.717) is 18.0 Å². The number of hydrogen-bond acceptors (Lipinski definition) is 3. The number of aromatic nitrogens is 2. The van der Waals surface area contributed by atoms with Gasteiger partial charge in [-0.3, -0.25) is 4.79 Å². The first-order valence-corrected chi connectivity index (χ1v) is 12.6. The average Bonchev–Trinajstić information content (AvgIpc) is 3.18. The molecule has 1 N–H and O–H groups in total. The van der Waals surface area contributed by atoms with Gasteiger partial charge in [-0.25, -0.2) is 4.98 Å². The third-order valence-electron chi connectivity index (χ3n) is 6.06. The fourth-order valence-electron chi connectivity index (χ4n) is 4.15. The topological polar surface area (TPSA) is 56.2 Å². The van der Waals surface area contributed by atoms with Gasteiger partial charge in [-0.05, 0) is 62.3 Å². The zero-order chi connectivity index (χ0) is 24.3. The predicted molar refractivity (Wildman–Crippen MR) is 140 cm³/mol. The van der Waals surface area contributed by atoms with Gasteiger partial charge in [0.15, 0.2) is 0 Å². The second-order valence-corrected chi connectivity index (χ2v) is 9.26. The van der Waals surface area contributed by atoms with E-state index in [-0.39, 0.29) is 5.91 Å². The molecule has 0 saturated carbocycles. The molecule has 5 nitrogen and oxygen atoms in total. The van der Waals surface area contributed by atoms with E-state index in [4.69, 9.17) is 9.72 Å². The molecular weight excluding hydrogens is 422 g/mol. The van der Waals surface area contributed by atoms with Gasteiger partial charge in [-0.2, -0.15) is 0 Å². The normalized spacial score (nSPS) is 11.2. The van der Waals surface area contributed by atoms with E-state index in [1.807, 2.05) is 12.1 Å². The number of rotatable bonds is 14. The summed E-state index contributed by atoms with van der Waals surface area (Å²) >= 11 is 0. The number of para-hydroxylation sites is 3. The third kappa shape index (κ3) is 7.21. The van der Waals surface area contributed by atoms with E-state index in [1.54, 1.807) is 6.92 Å². The van der Waals surface area contributed by atoms with E-state index in [0.717, 1.165) is 68.8 Å². The summed E-state index contributed by atoms with van der Waals surface area (Å²) in [5.74, 6) is 2.56. The number of amides is 1. The van der Waals surface area contributed by atoms with Crippen LogP contribution in [0.5, 0.6) is 5.75 Å². The molecule has 1 aromatic heterocycles. The molecule has 0 fully saturated rings. The van der Waals surface area contributed by atoms with Crippen LogP contribution in [-0.2, 0) is 17.8 Å². The highest BCUT2D eigenvalue weighted by Gasteiger charge is 2.11. The van der Waals surface area contributed by atoms with Crippen molar-refractivity contribution in [2.24, 2.45) is 0 Å². The summed E-state index contributed by atoms with van der Waals surface area (Å²) in [5.41, 5.74) is 4.10. The van der Waals surface area contributed by atoms with Crippen molar-refractivity contribution in [2.75, 3.05) is 13.2 Å². The molecule has 0 aliphatic carbocycles. The molecule has 0 atom stereocenters. The van der Waals surface area contributed by atoms with Gasteiger partial charge in [0, 0.05) is 25.1 Å². The van der Waals surface area contributed by atoms with E-state index < -0.39 is 0 Å². The molecule has 0 bridgehead atoms. The molecule has 0 radical (unpaired) electrons. The molecule has 2 aromatic carbocycles. The van der Waals surface area contributed by atoms with Crippen molar-refractivity contribution in [1.82, 2.24) is 14.9 Å². The number of benzene rings is 2. The van der Waals surface area contributed by atoms with Crippen LogP contribution in [0.2, 0.25) is 0 Å². The maximum Gasteiger partial charge on any atom is 0.246 e. The first-order valence-electron chi connectivity index (χ1n) is 12.6. The number of carbonyl (C=O) groups excluding carboxylic acids is 1. The Bertz CT molecular complexity index is 1080. The SMILES string of the molecule is C=C(C)C(=O)NCCCCCc1nc2ccccc2n1CCCCOc1ccccc1C(C)C. The summed E-state index contributed by atoms with van der Waals surface area (Å²) in [7, 11) is 0. The molecular formula is C29H39N3O2. The molecule has 0 unspecified atom stereocenters. The van der Waals surface area contributed by atoms with E-state index in [1.165, 1.54) is 11.1 Å². The van der Waals surface area contributed by atoms with Crippen molar-refractivity contribution in [1.29, 1.82) is 0 Å². The van der Waals surface area contributed by atoms with E-state index >= 15 is 0 Å². The van der Waals surface area contributed by atoms with Crippen LogP contribution < -0.4 is 10.1 Å². The number of imidazole rings is 1. The van der Waals surface area contributed by atoms with Gasteiger partial charge < -0.3 is 14.6 Å². The Morgan fingerprint density at radius 2 is 1.79 bits per heavy atom. The van der Waals surface area contributed by atoms with E-state index in [9.17, 15) is 4.79 Å². The monoisotopic (exact) mass is 461 g/mol. The number of ether oxygens (including phenoxy) is 1. The second-order valence-electron chi connectivity index (χ2n) is 9.26. The number of aryl methyl sites for hydroxylation is 2. The van der Waals surface area contributed by atoms with Gasteiger partial charge in [-0.15, -0.1) is 0 Å². The van der Waals surface area contributed by atoms with Gasteiger partial charge in [0.1, 0.15) is 11.6 Å². The molecule has 0 aliphatic heterocycles. The Balaban J connectivity index is 1.49. The lowest BCUT2D eigenvalue weighted by Crippen LogP contribution is -2.24. The largest absolute Gasteiger partial charge is 0.493 e. The molecule has 5 heteroatoms. The molecule has 0 spiro atoms. The summed E-state index contributed by atoms with van der Waals surface area (Å²) in [6.45, 7) is 12.2. The van der Waals surface area contributed by atoms with E-state index in [2.05, 4.69) is 66.7 Å². The minimum atomic E-state index is -0.0570. The van der Waals surface area contributed by atoms with Crippen molar-refractivity contribution >= 4 is 16.9 Å². The van der Waals surface area contributed by atoms with Crippen LogP contribution in [0.15, 0.2) is 60.7 Å². The number of nitrogens with one attached hydrogen (secondary N) is 1. The van der Waals surface area contributed by atoms with Crippen LogP contribution in [0.4, 0.5) is 0 Å². The molecule has 34 heavy (non-hydrogen) atoms. The molecule has 3 rings (SSSR count). The fourth-order valence-corrected chi connectivity index (χ4v) is 4.15. The standard InChI is InChI=1S/C29H39N3O2/c1-22(2)24-14-7-10-17-27(24)34-21-13-12-20-32-26-16-9-8-15-25(26)31-28(32)18-6-5-11-19-30-29(33)23(3)4/h7-10,14-17,22H,3,5-6,11-13,18-21H2,1-2,4H3,(H,30,33). The van der Waals surface area contributed by atoms with Crippen LogP contribution in [0.3, 0.4) is 0 Å². The molecule has 1 heterocycles. The maximum absolute atomic E-state index is 11.6. The van der Waals surface area contributed by atoms with Crippen molar-refractivity contribution in [2.45, 2.75) is 71.8 Å². The lowest BCUT2D eigenvalue weighted by atomic mass is 10.0. The van der Waals surface area contributed by atoms with Crippen LogP contribution in [0, 0.1) is 0 Å². The minimum Gasteiger partial charge on any atom is -0.493 e. The number of hydrogen-bond donors (Lipinski definition) is 1. The highest BCUT2D eigenvalue weighted by atomic mass is 16.5. The Morgan fingerprint density at radius 3 is 2.59 bits per heavy atom. The van der Waals surface area contributed by atoms with Gasteiger partial charge >= 0.3 is 0 Å². The van der Waals surface area contributed by atoms with Crippen molar-refractivity contribution < 1.29 is 9.53 Å². The summed E-state index contributed by atoms with van der Waals surface area (Å²) in [4.78, 5) is 16.5. The van der Waals surface area contributed by atoms with Gasteiger partial charge in [-0.1, -0.05) is 57.2 Å². The molecule has 0 saturated heterocycles. The second kappa shape index (κ2) is 13.0. The van der Waals surface area contributed by atoms with Crippen LogP contribution >= 0.6 is 0 Å². The third-order valence-corrected chi connectivity index (χ3v) is 6.06. The quantitative estimate of drug-likeness (QED) is 0.222. The molecule has 182 valence electrons. The first-order chi connectivity index (χ1) is 16.5. The molecule has 1 amide bonds. The lowest BCUT2D eigenvalue weighted by molar-refractivity contribution is -0.117. The van der Waals surface area contributed by atoms with Crippen LogP contribution in [-0.4, -0.2) is 28.6 Å². The van der Waals surface area contributed by atoms with Crippen molar-refractivity contribution in [3.05, 3.63) is 72.1 Å². The fraction of sp³-hybridized carbons (Fsp3) is 0.448. The lowest BCUT2D eigenvalue weighted by Gasteiger charge is -2.14. The number of unbranched alkanes of at least 4 members (excludes halogenated alkanes) is 3. The Morgan fingerprint density at radius 1 is 1.03 bits per heavy atom. The maximum atomic E-state index is 11.6. The number of nitrogens with zero attached hydrogens (tertiary/aromatic N) is 2. The average molecular weight is 462 g/mol. The summed E-state index contributed by atoms with van der Waals surface area (Å²) in [6.07, 6.45) is 6.07. The smallest absolute Gasteiger partial charge is 0.246 e. The molecule has 0 aliphatic rings.